The molecule has 0 radical (unpaired) electrons. The van der Waals surface area contributed by atoms with Crippen LogP contribution in [0, 0.1) is 0 Å². The monoisotopic (exact) mass is 359 g/mol. The van der Waals surface area contributed by atoms with Gasteiger partial charge in [-0.1, -0.05) is 5.16 Å². The van der Waals surface area contributed by atoms with Crippen molar-refractivity contribution < 1.29 is 18.7 Å². The Bertz CT molecular complexity index is 870. The minimum absolute atomic E-state index is 0.0898. The molecule has 25 heavy (non-hydrogen) atoms. The minimum atomic E-state index is 0.0898. The third kappa shape index (κ3) is 3.10. The van der Waals surface area contributed by atoms with Crippen molar-refractivity contribution in [1.82, 2.24) is 15.1 Å². The molecule has 1 fully saturated rings. The highest BCUT2D eigenvalue weighted by atomic mass is 32.1. The lowest BCUT2D eigenvalue weighted by molar-refractivity contribution is 0.111. The zero-order chi connectivity index (χ0) is 17.2. The van der Waals surface area contributed by atoms with Crippen molar-refractivity contribution in [2.75, 3.05) is 20.8 Å². The maximum Gasteiger partial charge on any atom is 0.269 e. The summed E-state index contributed by atoms with van der Waals surface area (Å²) >= 11 is 1.53. The van der Waals surface area contributed by atoms with Crippen molar-refractivity contribution in [1.29, 1.82) is 0 Å². The molecule has 1 aliphatic rings. The standard InChI is InChI=1S/C17H17N3O4S/c1-21-11-6-5-10(8-13(11)22-2)15-19-16(24-20-15)14-9-18-17(25-14)12-4-3-7-23-12/h5-6,8-9,12H,3-4,7H2,1-2H3/t12-/m0/s1. The van der Waals surface area contributed by atoms with Crippen molar-refractivity contribution in [3.63, 3.8) is 0 Å². The fourth-order valence-electron chi connectivity index (χ4n) is 2.72. The maximum atomic E-state index is 5.67. The van der Waals surface area contributed by atoms with Crippen LogP contribution in [0.4, 0.5) is 0 Å². The number of benzene rings is 1. The number of rotatable bonds is 5. The Balaban J connectivity index is 1.60. The minimum Gasteiger partial charge on any atom is -0.493 e. The van der Waals surface area contributed by atoms with E-state index in [0.29, 0.717) is 23.2 Å². The third-order valence-corrected chi connectivity index (χ3v) is 5.08. The lowest BCUT2D eigenvalue weighted by Crippen LogP contribution is -1.93. The van der Waals surface area contributed by atoms with Gasteiger partial charge in [0.25, 0.3) is 5.89 Å². The fraction of sp³-hybridized carbons (Fsp3) is 0.353. The van der Waals surface area contributed by atoms with Crippen LogP contribution in [0.5, 0.6) is 11.5 Å². The largest absolute Gasteiger partial charge is 0.493 e. The van der Waals surface area contributed by atoms with Crippen LogP contribution in [0.2, 0.25) is 0 Å². The predicted molar refractivity (Wildman–Crippen MR) is 91.9 cm³/mol. The van der Waals surface area contributed by atoms with E-state index in [4.69, 9.17) is 18.7 Å². The van der Waals surface area contributed by atoms with E-state index in [9.17, 15) is 0 Å². The molecule has 0 saturated carbocycles. The Morgan fingerprint density at radius 2 is 2.08 bits per heavy atom. The van der Waals surface area contributed by atoms with Gasteiger partial charge in [-0.15, -0.1) is 11.3 Å². The third-order valence-electron chi connectivity index (χ3n) is 4.01. The first-order valence-electron chi connectivity index (χ1n) is 7.92. The van der Waals surface area contributed by atoms with Gasteiger partial charge in [-0.25, -0.2) is 4.98 Å². The average Bonchev–Trinajstić information content (AvgIpc) is 3.41. The molecule has 4 rings (SSSR count). The van der Waals surface area contributed by atoms with E-state index < -0.39 is 0 Å². The average molecular weight is 359 g/mol. The molecule has 0 spiro atoms. The molecule has 1 aliphatic heterocycles. The van der Waals surface area contributed by atoms with E-state index in [1.807, 2.05) is 18.2 Å². The molecule has 0 bridgehead atoms. The molecule has 130 valence electrons. The van der Waals surface area contributed by atoms with E-state index in [0.717, 1.165) is 34.9 Å². The van der Waals surface area contributed by atoms with Gasteiger partial charge in [0, 0.05) is 12.2 Å². The van der Waals surface area contributed by atoms with Crippen molar-refractivity contribution in [2.24, 2.45) is 0 Å². The summed E-state index contributed by atoms with van der Waals surface area (Å²) in [4.78, 5) is 9.75. The number of ether oxygens (including phenoxy) is 3. The van der Waals surface area contributed by atoms with Crippen molar-refractivity contribution >= 4 is 11.3 Å². The second kappa shape index (κ2) is 6.81. The Hall–Kier alpha value is -2.45. The van der Waals surface area contributed by atoms with Crippen molar-refractivity contribution in [2.45, 2.75) is 18.9 Å². The molecular formula is C17H17N3O4S. The van der Waals surface area contributed by atoms with Gasteiger partial charge < -0.3 is 18.7 Å². The summed E-state index contributed by atoms with van der Waals surface area (Å²) in [5.41, 5.74) is 0.788. The maximum absolute atomic E-state index is 5.67. The van der Waals surface area contributed by atoms with Crippen molar-refractivity contribution in [3.05, 3.63) is 29.4 Å². The zero-order valence-electron chi connectivity index (χ0n) is 13.9. The van der Waals surface area contributed by atoms with Gasteiger partial charge in [-0.2, -0.15) is 4.98 Å². The summed E-state index contributed by atoms with van der Waals surface area (Å²) in [6.07, 6.45) is 3.93. The summed E-state index contributed by atoms with van der Waals surface area (Å²) in [7, 11) is 3.19. The Morgan fingerprint density at radius 1 is 1.20 bits per heavy atom. The van der Waals surface area contributed by atoms with Gasteiger partial charge in [-0.05, 0) is 31.0 Å². The molecule has 0 unspecified atom stereocenters. The first-order chi connectivity index (χ1) is 12.3. The van der Waals surface area contributed by atoms with Gasteiger partial charge in [0.1, 0.15) is 16.0 Å². The number of thiazole rings is 1. The molecule has 2 aromatic heterocycles. The molecule has 0 N–H and O–H groups in total. The smallest absolute Gasteiger partial charge is 0.269 e. The summed E-state index contributed by atoms with van der Waals surface area (Å²) in [5.74, 6) is 2.21. The van der Waals surface area contributed by atoms with Crippen molar-refractivity contribution in [3.8, 4) is 33.7 Å². The quantitative estimate of drug-likeness (QED) is 0.686. The van der Waals surface area contributed by atoms with Gasteiger partial charge in [0.05, 0.1) is 20.4 Å². The predicted octanol–water partition coefficient (Wildman–Crippen LogP) is 3.73. The van der Waals surface area contributed by atoms with Gasteiger partial charge in [0.15, 0.2) is 11.5 Å². The molecule has 1 aromatic carbocycles. The lowest BCUT2D eigenvalue weighted by Gasteiger charge is -2.07. The SMILES string of the molecule is COc1ccc(-c2noc(-c3cnc([C@@H]4CCCO4)s3)n2)cc1OC. The Kier molecular flexibility index (Phi) is 4.37. The molecule has 0 amide bonds. The molecular weight excluding hydrogens is 342 g/mol. The first kappa shape index (κ1) is 16.0. The molecule has 0 aliphatic carbocycles. The molecule has 7 nitrogen and oxygen atoms in total. The summed E-state index contributed by atoms with van der Waals surface area (Å²) < 4.78 is 21.6. The number of methoxy groups -OCH3 is 2. The zero-order valence-corrected chi connectivity index (χ0v) is 14.7. The first-order valence-corrected chi connectivity index (χ1v) is 8.74. The van der Waals surface area contributed by atoms with E-state index in [1.54, 1.807) is 20.4 Å². The van der Waals surface area contributed by atoms with Crippen LogP contribution >= 0.6 is 11.3 Å². The van der Waals surface area contributed by atoms with Crippen LogP contribution in [0.3, 0.4) is 0 Å². The van der Waals surface area contributed by atoms with Crippen LogP contribution in [-0.4, -0.2) is 36.0 Å². The highest BCUT2D eigenvalue weighted by molar-refractivity contribution is 7.15. The lowest BCUT2D eigenvalue weighted by atomic mass is 10.2. The molecule has 8 heteroatoms. The number of hydrogen-bond acceptors (Lipinski definition) is 8. The van der Waals surface area contributed by atoms with E-state index in [2.05, 4.69) is 15.1 Å². The van der Waals surface area contributed by atoms with E-state index in [-0.39, 0.29) is 6.10 Å². The van der Waals surface area contributed by atoms with Crippen LogP contribution < -0.4 is 9.47 Å². The highest BCUT2D eigenvalue weighted by Crippen LogP contribution is 2.36. The Labute approximate surface area is 148 Å². The molecule has 3 aromatic rings. The molecule has 3 heterocycles. The topological polar surface area (TPSA) is 79.5 Å². The number of hydrogen-bond donors (Lipinski definition) is 0. The second-order valence-electron chi connectivity index (χ2n) is 5.56. The highest BCUT2D eigenvalue weighted by Gasteiger charge is 2.23. The van der Waals surface area contributed by atoms with Gasteiger partial charge in [-0.3, -0.25) is 0 Å². The van der Waals surface area contributed by atoms with Gasteiger partial charge >= 0.3 is 0 Å². The summed E-state index contributed by atoms with van der Waals surface area (Å²) in [5, 5.41) is 5.02. The van der Waals surface area contributed by atoms with Crippen LogP contribution in [0.1, 0.15) is 24.0 Å². The second-order valence-corrected chi connectivity index (χ2v) is 6.62. The normalized spacial score (nSPS) is 17.0. The Morgan fingerprint density at radius 3 is 2.84 bits per heavy atom. The van der Waals surface area contributed by atoms with Crippen LogP contribution in [0.25, 0.3) is 22.2 Å². The number of nitrogens with zero attached hydrogens (tertiary/aromatic N) is 3. The summed E-state index contributed by atoms with van der Waals surface area (Å²) in [6.45, 7) is 0.795. The summed E-state index contributed by atoms with van der Waals surface area (Å²) in [6, 6.07) is 5.49. The van der Waals surface area contributed by atoms with E-state index in [1.165, 1.54) is 11.3 Å². The van der Waals surface area contributed by atoms with E-state index >= 15 is 0 Å². The van der Waals surface area contributed by atoms with Crippen LogP contribution in [0.15, 0.2) is 28.9 Å². The van der Waals surface area contributed by atoms with Crippen LogP contribution in [-0.2, 0) is 4.74 Å². The number of aromatic nitrogens is 3. The van der Waals surface area contributed by atoms with Gasteiger partial charge in [0.2, 0.25) is 5.82 Å². The molecule has 1 saturated heterocycles. The fourth-order valence-corrected chi connectivity index (χ4v) is 3.65. The molecule has 1 atom stereocenters.